The van der Waals surface area contributed by atoms with Crippen molar-refractivity contribution in [2.75, 3.05) is 19.7 Å². The van der Waals surface area contributed by atoms with E-state index < -0.39 is 28.5 Å². The van der Waals surface area contributed by atoms with E-state index in [0.717, 1.165) is 0 Å². The molecule has 0 fully saturated rings. The van der Waals surface area contributed by atoms with Crippen LogP contribution in [0.2, 0.25) is 5.02 Å². The maximum absolute atomic E-state index is 12.5. The summed E-state index contributed by atoms with van der Waals surface area (Å²) in [6.07, 6.45) is 0. The van der Waals surface area contributed by atoms with E-state index in [0.29, 0.717) is 13.1 Å². The molecule has 0 bridgehead atoms. The largest absolute Gasteiger partial charge is 0.452 e. The fraction of sp³-hybridized carbons (Fsp3) is 0.500. The zero-order valence-corrected chi connectivity index (χ0v) is 16.3. The van der Waals surface area contributed by atoms with Gasteiger partial charge in [-0.2, -0.15) is 4.31 Å². The Kier molecular flexibility index (Phi) is 7.85. The average Bonchev–Trinajstić information content (AvgIpc) is 2.53. The maximum Gasteiger partial charge on any atom is 0.340 e. The molecule has 0 saturated heterocycles. The highest BCUT2D eigenvalue weighted by atomic mass is 35.5. The van der Waals surface area contributed by atoms with E-state index >= 15 is 0 Å². The summed E-state index contributed by atoms with van der Waals surface area (Å²) in [7, 11) is -3.73. The third-order valence-corrected chi connectivity index (χ3v) is 5.66. The highest BCUT2D eigenvalue weighted by Gasteiger charge is 2.24. The molecule has 0 unspecified atom stereocenters. The van der Waals surface area contributed by atoms with E-state index in [-0.39, 0.29) is 21.5 Å². The molecule has 0 saturated carbocycles. The molecule has 0 aromatic heterocycles. The van der Waals surface area contributed by atoms with Crippen molar-refractivity contribution in [3.05, 3.63) is 28.8 Å². The first-order valence-corrected chi connectivity index (χ1v) is 9.71. The number of sulfonamides is 1. The van der Waals surface area contributed by atoms with Crippen LogP contribution in [0.25, 0.3) is 0 Å². The summed E-state index contributed by atoms with van der Waals surface area (Å²) in [5, 5.41) is 2.63. The van der Waals surface area contributed by atoms with Gasteiger partial charge < -0.3 is 10.1 Å². The number of nitrogens with one attached hydrogen (secondary N) is 1. The standard InChI is InChI=1S/C16H23ClN2O5S/c1-5-19(6-2)25(22,23)12-7-8-14(17)13(9-12)16(21)24-10-15(20)18-11(3)4/h7-9,11H,5-6,10H2,1-4H3,(H,18,20). The minimum atomic E-state index is -3.73. The molecule has 1 aromatic rings. The molecule has 9 heteroatoms. The van der Waals surface area contributed by atoms with Gasteiger partial charge in [0.25, 0.3) is 5.91 Å². The van der Waals surface area contributed by atoms with Gasteiger partial charge >= 0.3 is 5.97 Å². The number of benzene rings is 1. The number of carbonyl (C=O) groups excluding carboxylic acids is 2. The maximum atomic E-state index is 12.5. The van der Waals surface area contributed by atoms with E-state index in [2.05, 4.69) is 5.32 Å². The molecule has 0 heterocycles. The van der Waals surface area contributed by atoms with Gasteiger partial charge in [0.1, 0.15) is 0 Å². The van der Waals surface area contributed by atoms with Crippen molar-refractivity contribution < 1.29 is 22.7 Å². The van der Waals surface area contributed by atoms with Crippen LogP contribution in [0.15, 0.2) is 23.1 Å². The Labute approximate surface area is 153 Å². The molecule has 7 nitrogen and oxygen atoms in total. The van der Waals surface area contributed by atoms with Gasteiger partial charge in [0.15, 0.2) is 6.61 Å². The number of rotatable bonds is 8. The molecule has 0 aliphatic carbocycles. The fourth-order valence-electron chi connectivity index (χ4n) is 2.11. The molecule has 0 radical (unpaired) electrons. The third kappa shape index (κ3) is 5.69. The van der Waals surface area contributed by atoms with Crippen LogP contribution in [0, 0.1) is 0 Å². The van der Waals surface area contributed by atoms with Crippen LogP contribution in [0.5, 0.6) is 0 Å². The second-order valence-corrected chi connectivity index (χ2v) is 7.87. The van der Waals surface area contributed by atoms with Crippen LogP contribution in [-0.4, -0.2) is 50.3 Å². The summed E-state index contributed by atoms with van der Waals surface area (Å²) in [4.78, 5) is 23.6. The highest BCUT2D eigenvalue weighted by molar-refractivity contribution is 7.89. The molecule has 0 spiro atoms. The summed E-state index contributed by atoms with van der Waals surface area (Å²) in [6, 6.07) is 3.73. The van der Waals surface area contributed by atoms with Gasteiger partial charge in [0.05, 0.1) is 15.5 Å². The lowest BCUT2D eigenvalue weighted by Gasteiger charge is -2.19. The first-order chi connectivity index (χ1) is 11.6. The van der Waals surface area contributed by atoms with Crippen molar-refractivity contribution in [3.63, 3.8) is 0 Å². The Bertz CT molecular complexity index is 730. The quantitative estimate of drug-likeness (QED) is 0.686. The smallest absolute Gasteiger partial charge is 0.340 e. The SMILES string of the molecule is CCN(CC)S(=O)(=O)c1ccc(Cl)c(C(=O)OCC(=O)NC(C)C)c1. The molecule has 0 atom stereocenters. The molecular weight excluding hydrogens is 368 g/mol. The predicted molar refractivity (Wildman–Crippen MR) is 95.1 cm³/mol. The Morgan fingerprint density at radius 1 is 1.24 bits per heavy atom. The Balaban J connectivity index is 3.02. The molecule has 1 amide bonds. The molecular formula is C16H23ClN2O5S. The number of hydrogen-bond acceptors (Lipinski definition) is 5. The first-order valence-electron chi connectivity index (χ1n) is 7.89. The first kappa shape index (κ1) is 21.4. The van der Waals surface area contributed by atoms with E-state index in [1.54, 1.807) is 27.7 Å². The zero-order valence-electron chi connectivity index (χ0n) is 14.7. The van der Waals surface area contributed by atoms with Gasteiger partial charge in [0.2, 0.25) is 10.0 Å². The Hall–Kier alpha value is -1.64. The second kappa shape index (κ2) is 9.17. The molecule has 0 aliphatic heterocycles. The third-order valence-electron chi connectivity index (χ3n) is 3.28. The number of amides is 1. The summed E-state index contributed by atoms with van der Waals surface area (Å²) < 4.78 is 31.2. The van der Waals surface area contributed by atoms with E-state index in [9.17, 15) is 18.0 Å². The Morgan fingerprint density at radius 3 is 2.36 bits per heavy atom. The minimum absolute atomic E-state index is 0.0489. The number of hydrogen-bond donors (Lipinski definition) is 1. The Morgan fingerprint density at radius 2 is 1.84 bits per heavy atom. The lowest BCUT2D eigenvalue weighted by atomic mass is 10.2. The molecule has 1 N–H and O–H groups in total. The topological polar surface area (TPSA) is 92.8 Å². The van der Waals surface area contributed by atoms with Crippen molar-refractivity contribution in [1.82, 2.24) is 9.62 Å². The lowest BCUT2D eigenvalue weighted by Crippen LogP contribution is -2.34. The number of carbonyl (C=O) groups is 2. The van der Waals surface area contributed by atoms with Gasteiger partial charge in [0, 0.05) is 19.1 Å². The summed E-state index contributed by atoms with van der Waals surface area (Å²) in [5.41, 5.74) is -0.104. The number of halogens is 1. The lowest BCUT2D eigenvalue weighted by molar-refractivity contribution is -0.124. The molecule has 1 aromatic carbocycles. The van der Waals surface area contributed by atoms with Crippen molar-refractivity contribution in [2.45, 2.75) is 38.6 Å². The van der Waals surface area contributed by atoms with Gasteiger partial charge in [-0.25, -0.2) is 13.2 Å². The van der Waals surface area contributed by atoms with Crippen LogP contribution >= 0.6 is 11.6 Å². The number of ether oxygens (including phenoxy) is 1. The number of esters is 1. The van der Waals surface area contributed by atoms with E-state index in [1.807, 2.05) is 0 Å². The molecule has 140 valence electrons. The second-order valence-electron chi connectivity index (χ2n) is 5.53. The van der Waals surface area contributed by atoms with Gasteiger partial charge in [-0.05, 0) is 32.0 Å². The summed E-state index contributed by atoms with van der Waals surface area (Å²) in [5.74, 6) is -1.31. The summed E-state index contributed by atoms with van der Waals surface area (Å²) >= 11 is 5.98. The monoisotopic (exact) mass is 390 g/mol. The highest BCUT2D eigenvalue weighted by Crippen LogP contribution is 2.23. The predicted octanol–water partition coefficient (Wildman–Crippen LogP) is 2.05. The zero-order chi connectivity index (χ0) is 19.2. The van der Waals surface area contributed by atoms with Crippen molar-refractivity contribution in [2.24, 2.45) is 0 Å². The van der Waals surface area contributed by atoms with Crippen LogP contribution in [0.4, 0.5) is 0 Å². The normalized spacial score (nSPS) is 11.6. The van der Waals surface area contributed by atoms with Crippen molar-refractivity contribution >= 4 is 33.5 Å². The van der Waals surface area contributed by atoms with Crippen molar-refractivity contribution in [3.8, 4) is 0 Å². The fourth-order valence-corrected chi connectivity index (χ4v) is 3.79. The number of nitrogens with zero attached hydrogens (tertiary/aromatic N) is 1. The van der Waals surface area contributed by atoms with Gasteiger partial charge in [-0.1, -0.05) is 25.4 Å². The van der Waals surface area contributed by atoms with Gasteiger partial charge in [-0.3, -0.25) is 4.79 Å². The van der Waals surface area contributed by atoms with Crippen LogP contribution in [-0.2, 0) is 19.6 Å². The van der Waals surface area contributed by atoms with Crippen LogP contribution < -0.4 is 5.32 Å². The van der Waals surface area contributed by atoms with Crippen LogP contribution in [0.1, 0.15) is 38.1 Å². The average molecular weight is 391 g/mol. The molecule has 25 heavy (non-hydrogen) atoms. The minimum Gasteiger partial charge on any atom is -0.452 e. The van der Waals surface area contributed by atoms with E-state index in [1.165, 1.54) is 22.5 Å². The summed E-state index contributed by atoms with van der Waals surface area (Å²) in [6.45, 7) is 7.13. The molecule has 1 rings (SSSR count). The van der Waals surface area contributed by atoms with Gasteiger partial charge in [-0.15, -0.1) is 0 Å². The molecule has 0 aliphatic rings. The van der Waals surface area contributed by atoms with E-state index in [4.69, 9.17) is 16.3 Å². The van der Waals surface area contributed by atoms with Crippen LogP contribution in [0.3, 0.4) is 0 Å². The van der Waals surface area contributed by atoms with Crippen molar-refractivity contribution in [1.29, 1.82) is 0 Å².